The van der Waals surface area contributed by atoms with E-state index in [1.807, 2.05) is 0 Å². The highest BCUT2D eigenvalue weighted by molar-refractivity contribution is 5.95. The summed E-state index contributed by atoms with van der Waals surface area (Å²) in [5.41, 5.74) is 5.86. The van der Waals surface area contributed by atoms with E-state index < -0.39 is 0 Å². The lowest BCUT2D eigenvalue weighted by molar-refractivity contribution is -0.124. The van der Waals surface area contributed by atoms with Crippen molar-refractivity contribution in [3.8, 4) is 0 Å². The van der Waals surface area contributed by atoms with Gasteiger partial charge < -0.3 is 15.2 Å². The van der Waals surface area contributed by atoms with Crippen LogP contribution in [0.3, 0.4) is 0 Å². The number of aromatic amines is 1. The number of aromatic nitrogens is 3. The average molecular weight is 347 g/mol. The zero-order valence-corrected chi connectivity index (χ0v) is 14.7. The summed E-state index contributed by atoms with van der Waals surface area (Å²) in [6.45, 7) is 0.921. The fourth-order valence-corrected chi connectivity index (χ4v) is 4.41. The molecule has 0 radical (unpaired) electrons. The monoisotopic (exact) mass is 347 g/mol. The molecule has 1 amide bonds. The third kappa shape index (κ3) is 2.21. The van der Waals surface area contributed by atoms with E-state index in [4.69, 9.17) is 0 Å². The fourth-order valence-electron chi connectivity index (χ4n) is 4.41. The number of amides is 1. The second-order valence-corrected chi connectivity index (χ2v) is 7.09. The molecule has 6 heteroatoms. The topological polar surface area (TPSA) is 73.9 Å². The molecule has 5 rings (SSSR count). The highest BCUT2D eigenvalue weighted by Gasteiger charge is 2.30. The lowest BCUT2D eigenvalue weighted by atomic mass is 9.86. The van der Waals surface area contributed by atoms with Gasteiger partial charge >= 0.3 is 0 Å². The number of fused-ring (bicyclic) bond motifs is 4. The molecule has 0 saturated carbocycles. The quantitative estimate of drug-likeness (QED) is 0.747. The molecule has 2 aromatic heterocycles. The predicted octanol–water partition coefficient (Wildman–Crippen LogP) is 2.50. The van der Waals surface area contributed by atoms with Crippen LogP contribution in [0.15, 0.2) is 30.6 Å². The van der Waals surface area contributed by atoms with Crippen LogP contribution < -0.4 is 10.2 Å². The zero-order valence-electron chi connectivity index (χ0n) is 14.7. The van der Waals surface area contributed by atoms with Crippen molar-refractivity contribution in [2.24, 2.45) is 5.92 Å². The van der Waals surface area contributed by atoms with Gasteiger partial charge in [-0.15, -0.1) is 0 Å². The summed E-state index contributed by atoms with van der Waals surface area (Å²) >= 11 is 0. The molecular formula is C20H21N5O. The summed E-state index contributed by atoms with van der Waals surface area (Å²) < 4.78 is 0. The van der Waals surface area contributed by atoms with Crippen molar-refractivity contribution < 1.29 is 4.79 Å². The first-order valence-corrected chi connectivity index (χ1v) is 9.17. The Morgan fingerprint density at radius 3 is 3.04 bits per heavy atom. The number of hydrogen-bond acceptors (Lipinski definition) is 4. The molecule has 6 nitrogen and oxygen atoms in total. The summed E-state index contributed by atoms with van der Waals surface area (Å²) in [7, 11) is 1.71. The third-order valence-corrected chi connectivity index (χ3v) is 5.72. The first-order valence-electron chi connectivity index (χ1n) is 9.17. The Balaban J connectivity index is 1.65. The fraction of sp³-hybridized carbons (Fsp3) is 0.350. The Hall–Kier alpha value is -2.89. The van der Waals surface area contributed by atoms with E-state index in [-0.39, 0.29) is 11.8 Å². The van der Waals surface area contributed by atoms with Crippen LogP contribution in [0.25, 0.3) is 11.0 Å². The van der Waals surface area contributed by atoms with E-state index in [9.17, 15) is 4.79 Å². The molecule has 1 aliphatic heterocycles. The third-order valence-electron chi connectivity index (χ3n) is 5.72. The molecule has 3 aromatic rings. The van der Waals surface area contributed by atoms with Crippen molar-refractivity contribution in [3.05, 3.63) is 47.4 Å². The minimum atomic E-state index is 0.0189. The Morgan fingerprint density at radius 2 is 2.15 bits per heavy atom. The van der Waals surface area contributed by atoms with Crippen LogP contribution in [-0.2, 0) is 24.1 Å². The summed E-state index contributed by atoms with van der Waals surface area (Å²) in [4.78, 5) is 27.1. The Labute approximate surface area is 151 Å². The first-order chi connectivity index (χ1) is 12.8. The number of rotatable bonds is 2. The number of hydrogen-bond donors (Lipinski definition) is 2. The number of carbonyl (C=O) groups is 1. The van der Waals surface area contributed by atoms with Crippen LogP contribution in [0.1, 0.15) is 23.2 Å². The maximum Gasteiger partial charge on any atom is 0.223 e. The molecule has 0 fully saturated rings. The van der Waals surface area contributed by atoms with Crippen LogP contribution in [0.4, 0.5) is 11.5 Å². The van der Waals surface area contributed by atoms with Gasteiger partial charge in [0, 0.05) is 30.9 Å². The van der Waals surface area contributed by atoms with Gasteiger partial charge in [-0.2, -0.15) is 0 Å². The number of anilines is 2. The van der Waals surface area contributed by atoms with Gasteiger partial charge in [-0.3, -0.25) is 4.79 Å². The number of nitrogens with zero attached hydrogens (tertiary/aromatic N) is 3. The minimum absolute atomic E-state index is 0.0189. The van der Waals surface area contributed by atoms with E-state index in [2.05, 4.69) is 49.4 Å². The van der Waals surface area contributed by atoms with Crippen molar-refractivity contribution in [1.82, 2.24) is 20.3 Å². The van der Waals surface area contributed by atoms with Gasteiger partial charge in [-0.1, -0.05) is 18.2 Å². The molecule has 0 bridgehead atoms. The maximum absolute atomic E-state index is 12.2. The SMILES string of the molecule is CNC(=O)C1CCc2[nH]c3ncnc(N4CCc5ccccc54)c3c2C1. The van der Waals surface area contributed by atoms with E-state index in [1.165, 1.54) is 22.5 Å². The number of para-hydroxylation sites is 1. The van der Waals surface area contributed by atoms with Crippen LogP contribution in [0.2, 0.25) is 0 Å². The van der Waals surface area contributed by atoms with E-state index in [0.717, 1.165) is 49.1 Å². The number of H-pyrrole nitrogens is 1. The summed E-state index contributed by atoms with van der Waals surface area (Å²) in [5.74, 6) is 1.09. The van der Waals surface area contributed by atoms with Crippen molar-refractivity contribution >= 4 is 28.4 Å². The van der Waals surface area contributed by atoms with Gasteiger partial charge in [0.2, 0.25) is 5.91 Å². The molecule has 2 aliphatic rings. The minimum Gasteiger partial charge on any atom is -0.359 e. The maximum atomic E-state index is 12.2. The molecule has 1 aliphatic carbocycles. The van der Waals surface area contributed by atoms with Gasteiger partial charge in [-0.05, 0) is 42.9 Å². The molecule has 1 aromatic carbocycles. The van der Waals surface area contributed by atoms with Gasteiger partial charge in [-0.25, -0.2) is 9.97 Å². The lowest BCUT2D eigenvalue weighted by Gasteiger charge is -2.23. The molecule has 0 saturated heterocycles. The predicted molar refractivity (Wildman–Crippen MR) is 101 cm³/mol. The smallest absolute Gasteiger partial charge is 0.223 e. The summed E-state index contributed by atoms with van der Waals surface area (Å²) in [6, 6.07) is 8.50. The van der Waals surface area contributed by atoms with E-state index in [0.29, 0.717) is 0 Å². The Kier molecular flexibility index (Phi) is 3.45. The Bertz CT molecular complexity index is 1010. The highest BCUT2D eigenvalue weighted by Crippen LogP contribution is 2.40. The van der Waals surface area contributed by atoms with Gasteiger partial charge in [0.25, 0.3) is 0 Å². The summed E-state index contributed by atoms with van der Waals surface area (Å²) in [5, 5.41) is 3.87. The van der Waals surface area contributed by atoms with Crippen LogP contribution >= 0.6 is 0 Å². The van der Waals surface area contributed by atoms with Crippen molar-refractivity contribution in [1.29, 1.82) is 0 Å². The molecule has 132 valence electrons. The average Bonchev–Trinajstić information content (AvgIpc) is 3.28. The van der Waals surface area contributed by atoms with Crippen LogP contribution in [0, 0.1) is 5.92 Å². The second-order valence-electron chi connectivity index (χ2n) is 7.09. The van der Waals surface area contributed by atoms with Crippen molar-refractivity contribution in [3.63, 3.8) is 0 Å². The van der Waals surface area contributed by atoms with Crippen molar-refractivity contribution in [2.75, 3.05) is 18.5 Å². The number of nitrogens with one attached hydrogen (secondary N) is 2. The molecule has 1 atom stereocenters. The zero-order chi connectivity index (χ0) is 17.7. The molecule has 1 unspecified atom stereocenters. The van der Waals surface area contributed by atoms with E-state index >= 15 is 0 Å². The summed E-state index contributed by atoms with van der Waals surface area (Å²) in [6.07, 6.45) is 5.14. The number of carbonyl (C=O) groups excluding carboxylic acids is 1. The standard InChI is InChI=1S/C20H21N5O/c1-21-20(26)13-6-7-15-14(10-13)17-18(24-15)22-11-23-19(17)25-9-8-12-4-2-3-5-16(12)25/h2-5,11,13H,6-10H2,1H3,(H,21,26)(H,22,23,24). The highest BCUT2D eigenvalue weighted by atomic mass is 16.1. The second kappa shape index (κ2) is 5.83. The van der Waals surface area contributed by atoms with Gasteiger partial charge in [0.05, 0.1) is 5.39 Å². The van der Waals surface area contributed by atoms with Gasteiger partial charge in [0.1, 0.15) is 17.8 Å². The normalized spacial score (nSPS) is 18.7. The molecular weight excluding hydrogens is 326 g/mol. The van der Waals surface area contributed by atoms with Crippen LogP contribution in [0.5, 0.6) is 0 Å². The molecule has 3 heterocycles. The molecule has 0 spiro atoms. The molecule has 2 N–H and O–H groups in total. The Morgan fingerprint density at radius 1 is 1.27 bits per heavy atom. The van der Waals surface area contributed by atoms with Crippen LogP contribution in [-0.4, -0.2) is 34.5 Å². The number of benzene rings is 1. The van der Waals surface area contributed by atoms with E-state index in [1.54, 1.807) is 13.4 Å². The molecule has 26 heavy (non-hydrogen) atoms. The van der Waals surface area contributed by atoms with Crippen molar-refractivity contribution in [2.45, 2.75) is 25.7 Å². The van der Waals surface area contributed by atoms with Gasteiger partial charge in [0.15, 0.2) is 0 Å². The largest absolute Gasteiger partial charge is 0.359 e. The first kappa shape index (κ1) is 15.4. The number of aryl methyl sites for hydroxylation is 1. The lowest BCUT2D eigenvalue weighted by Crippen LogP contribution is -2.31.